The minimum Gasteiger partial charge on any atom is -0.321 e. The SMILES string of the molecule is O=C(Nc1ccnc2ccc(C(F)(F)F)cc12)c1ccc(S(=O)(=O)NC2CC2)cc1. The topological polar surface area (TPSA) is 88.2 Å². The molecule has 1 aromatic heterocycles. The van der Waals surface area contributed by atoms with Gasteiger partial charge in [0.05, 0.1) is 21.7 Å². The first kappa shape index (κ1) is 20.3. The molecule has 10 heteroatoms. The molecule has 0 atom stereocenters. The molecule has 0 bridgehead atoms. The maximum absolute atomic E-state index is 13.0. The van der Waals surface area contributed by atoms with Gasteiger partial charge in [0.15, 0.2) is 0 Å². The highest BCUT2D eigenvalue weighted by Gasteiger charge is 2.31. The van der Waals surface area contributed by atoms with Gasteiger partial charge in [-0.05, 0) is 61.4 Å². The Bertz CT molecular complexity index is 1220. The molecule has 2 N–H and O–H groups in total. The monoisotopic (exact) mass is 435 g/mol. The Morgan fingerprint density at radius 1 is 1.03 bits per heavy atom. The Hall–Kier alpha value is -2.98. The summed E-state index contributed by atoms with van der Waals surface area (Å²) in [6, 6.07) is 9.77. The summed E-state index contributed by atoms with van der Waals surface area (Å²) >= 11 is 0. The van der Waals surface area contributed by atoms with E-state index in [9.17, 15) is 26.4 Å². The summed E-state index contributed by atoms with van der Waals surface area (Å²) in [6.45, 7) is 0. The quantitative estimate of drug-likeness (QED) is 0.635. The minimum absolute atomic E-state index is 0.0372. The molecule has 1 fully saturated rings. The van der Waals surface area contributed by atoms with Gasteiger partial charge in [0.2, 0.25) is 10.0 Å². The summed E-state index contributed by atoms with van der Waals surface area (Å²) < 4.78 is 66.0. The van der Waals surface area contributed by atoms with E-state index in [4.69, 9.17) is 0 Å². The fourth-order valence-electron chi connectivity index (χ4n) is 2.90. The van der Waals surface area contributed by atoms with Gasteiger partial charge in [-0.15, -0.1) is 0 Å². The van der Waals surface area contributed by atoms with Gasteiger partial charge < -0.3 is 5.32 Å². The molecule has 3 aromatic rings. The molecule has 1 amide bonds. The highest BCUT2D eigenvalue weighted by atomic mass is 32.2. The largest absolute Gasteiger partial charge is 0.416 e. The number of nitrogens with one attached hydrogen (secondary N) is 2. The molecule has 0 radical (unpaired) electrons. The van der Waals surface area contributed by atoms with Crippen LogP contribution in [0.5, 0.6) is 0 Å². The highest BCUT2D eigenvalue weighted by molar-refractivity contribution is 7.89. The van der Waals surface area contributed by atoms with Gasteiger partial charge in [-0.1, -0.05) is 0 Å². The zero-order chi connectivity index (χ0) is 21.5. The number of rotatable bonds is 5. The molecule has 1 aliphatic carbocycles. The third-order valence-electron chi connectivity index (χ3n) is 4.64. The maximum atomic E-state index is 13.0. The van der Waals surface area contributed by atoms with Crippen LogP contribution >= 0.6 is 0 Å². The molecule has 0 unspecified atom stereocenters. The second-order valence-corrected chi connectivity index (χ2v) is 8.68. The average Bonchev–Trinajstić information content (AvgIpc) is 3.50. The Morgan fingerprint density at radius 2 is 1.73 bits per heavy atom. The van der Waals surface area contributed by atoms with Crippen molar-refractivity contribution in [1.82, 2.24) is 9.71 Å². The number of anilines is 1. The normalized spacial score (nSPS) is 14.6. The smallest absolute Gasteiger partial charge is 0.321 e. The van der Waals surface area contributed by atoms with Crippen LogP contribution in [0.1, 0.15) is 28.8 Å². The van der Waals surface area contributed by atoms with Gasteiger partial charge in [0.25, 0.3) is 5.91 Å². The van der Waals surface area contributed by atoms with Crippen LogP contribution in [0.25, 0.3) is 10.9 Å². The van der Waals surface area contributed by atoms with Crippen molar-refractivity contribution in [2.45, 2.75) is 30.0 Å². The standard InChI is InChI=1S/C20H16F3N3O3S/c21-20(22,23)13-3-8-17-16(11-13)18(9-10-24-17)25-19(27)12-1-6-15(7-2-12)30(28,29)26-14-4-5-14/h1-3,6-11,14,26H,4-5H2,(H,24,25,27). The number of fused-ring (bicyclic) bond motifs is 1. The minimum atomic E-state index is -4.53. The van der Waals surface area contributed by atoms with Gasteiger partial charge >= 0.3 is 6.18 Å². The molecule has 0 saturated heterocycles. The Labute approximate surface area is 170 Å². The predicted molar refractivity (Wildman–Crippen MR) is 104 cm³/mol. The number of hydrogen-bond acceptors (Lipinski definition) is 4. The number of benzene rings is 2. The molecule has 1 heterocycles. The van der Waals surface area contributed by atoms with Crippen LogP contribution in [0.3, 0.4) is 0 Å². The number of halogens is 3. The van der Waals surface area contributed by atoms with E-state index in [-0.39, 0.29) is 27.6 Å². The number of alkyl halides is 3. The maximum Gasteiger partial charge on any atom is 0.416 e. The van der Waals surface area contributed by atoms with Crippen molar-refractivity contribution in [3.05, 3.63) is 65.9 Å². The molecule has 30 heavy (non-hydrogen) atoms. The lowest BCUT2D eigenvalue weighted by molar-refractivity contribution is -0.137. The average molecular weight is 435 g/mol. The summed E-state index contributed by atoms with van der Waals surface area (Å²) in [4.78, 5) is 16.6. The van der Waals surface area contributed by atoms with Crippen LogP contribution in [-0.2, 0) is 16.2 Å². The predicted octanol–water partition coefficient (Wildman–Crippen LogP) is 3.95. The van der Waals surface area contributed by atoms with Crippen molar-refractivity contribution in [2.24, 2.45) is 0 Å². The highest BCUT2D eigenvalue weighted by Crippen LogP contribution is 2.33. The summed E-state index contributed by atoms with van der Waals surface area (Å²) in [5, 5.41) is 2.72. The number of sulfonamides is 1. The fourth-order valence-corrected chi connectivity index (χ4v) is 4.21. The fraction of sp³-hybridized carbons (Fsp3) is 0.200. The van der Waals surface area contributed by atoms with Gasteiger partial charge in [-0.3, -0.25) is 9.78 Å². The summed E-state index contributed by atoms with van der Waals surface area (Å²) in [7, 11) is -3.64. The summed E-state index contributed by atoms with van der Waals surface area (Å²) in [6.07, 6.45) is -1.54. The van der Waals surface area contributed by atoms with Crippen LogP contribution in [0.4, 0.5) is 18.9 Å². The van der Waals surface area contributed by atoms with Crippen LogP contribution < -0.4 is 10.0 Å². The van der Waals surface area contributed by atoms with Crippen molar-refractivity contribution in [2.75, 3.05) is 5.32 Å². The number of pyridine rings is 1. The number of nitrogens with zero attached hydrogens (tertiary/aromatic N) is 1. The third-order valence-corrected chi connectivity index (χ3v) is 6.18. The van der Waals surface area contributed by atoms with Crippen molar-refractivity contribution < 1.29 is 26.4 Å². The van der Waals surface area contributed by atoms with Crippen molar-refractivity contribution >= 4 is 32.5 Å². The van der Waals surface area contributed by atoms with Crippen LogP contribution in [0, 0.1) is 0 Å². The van der Waals surface area contributed by atoms with Crippen LogP contribution in [0.2, 0.25) is 0 Å². The lowest BCUT2D eigenvalue weighted by atomic mass is 10.1. The van der Waals surface area contributed by atoms with Gasteiger partial charge in [-0.2, -0.15) is 13.2 Å². The van der Waals surface area contributed by atoms with E-state index in [0.29, 0.717) is 5.52 Å². The third kappa shape index (κ3) is 4.29. The molecular weight excluding hydrogens is 419 g/mol. The van der Waals surface area contributed by atoms with Gasteiger partial charge in [0, 0.05) is 23.2 Å². The second-order valence-electron chi connectivity index (χ2n) is 6.96. The van der Waals surface area contributed by atoms with E-state index in [0.717, 1.165) is 25.0 Å². The molecule has 0 aliphatic heterocycles. The lowest BCUT2D eigenvalue weighted by Gasteiger charge is -2.12. The number of hydrogen-bond donors (Lipinski definition) is 2. The van der Waals surface area contributed by atoms with Gasteiger partial charge in [0.1, 0.15) is 0 Å². The summed E-state index contributed by atoms with van der Waals surface area (Å²) in [5.74, 6) is -0.584. The molecule has 156 valence electrons. The van der Waals surface area contributed by atoms with Crippen molar-refractivity contribution in [3.8, 4) is 0 Å². The Balaban J connectivity index is 1.58. The number of carbonyl (C=O) groups excluding carboxylic acids is 1. The van der Waals surface area contributed by atoms with Crippen molar-refractivity contribution in [1.29, 1.82) is 0 Å². The Kier molecular flexibility index (Phi) is 4.99. The molecule has 4 rings (SSSR count). The summed E-state index contributed by atoms with van der Waals surface area (Å²) in [5.41, 5.74) is -0.217. The number of aromatic nitrogens is 1. The molecule has 2 aromatic carbocycles. The Morgan fingerprint density at radius 3 is 2.37 bits per heavy atom. The first-order chi connectivity index (χ1) is 14.1. The molecule has 1 saturated carbocycles. The van der Waals surface area contributed by atoms with E-state index in [1.807, 2.05) is 0 Å². The first-order valence-corrected chi connectivity index (χ1v) is 10.5. The van der Waals surface area contributed by atoms with E-state index >= 15 is 0 Å². The molecule has 6 nitrogen and oxygen atoms in total. The van der Waals surface area contributed by atoms with E-state index in [2.05, 4.69) is 15.0 Å². The first-order valence-electron chi connectivity index (χ1n) is 9.03. The van der Waals surface area contributed by atoms with E-state index in [1.54, 1.807) is 0 Å². The van der Waals surface area contributed by atoms with E-state index in [1.165, 1.54) is 42.6 Å². The van der Waals surface area contributed by atoms with Gasteiger partial charge in [-0.25, -0.2) is 13.1 Å². The van der Waals surface area contributed by atoms with Crippen LogP contribution in [0.15, 0.2) is 59.6 Å². The zero-order valence-corrected chi connectivity index (χ0v) is 16.2. The lowest BCUT2D eigenvalue weighted by Crippen LogP contribution is -2.25. The second kappa shape index (κ2) is 7.37. The van der Waals surface area contributed by atoms with Crippen molar-refractivity contribution in [3.63, 3.8) is 0 Å². The molecule has 0 spiro atoms. The number of carbonyl (C=O) groups is 1. The van der Waals surface area contributed by atoms with E-state index < -0.39 is 27.7 Å². The number of amides is 1. The molecular formula is C20H16F3N3O3S. The zero-order valence-electron chi connectivity index (χ0n) is 15.4. The molecule has 1 aliphatic rings. The van der Waals surface area contributed by atoms with Crippen LogP contribution in [-0.4, -0.2) is 25.4 Å².